The number of carbonyl (C=O) groups is 2. The number of nitrogens with one attached hydrogen (secondary N) is 1. The van der Waals surface area contributed by atoms with Crippen molar-refractivity contribution in [1.82, 2.24) is 10.2 Å². The van der Waals surface area contributed by atoms with Crippen LogP contribution in [-0.2, 0) is 0 Å². The van der Waals surface area contributed by atoms with Crippen molar-refractivity contribution >= 4 is 11.8 Å². The van der Waals surface area contributed by atoms with Gasteiger partial charge in [-0.1, -0.05) is 72.8 Å². The Labute approximate surface area is 182 Å². The second-order valence-corrected chi connectivity index (χ2v) is 8.40. The number of piperidine rings is 1. The number of imide groups is 1. The Balaban J connectivity index is 1.66. The van der Waals surface area contributed by atoms with Gasteiger partial charge in [-0.25, -0.2) is 0 Å². The number of fused-ring (bicyclic) bond motifs is 1. The molecule has 1 N–H and O–H groups in total. The maximum Gasteiger partial charge on any atom is 0.261 e. The number of nitrogens with zero attached hydrogens (tertiary/aromatic N) is 1. The fourth-order valence-electron chi connectivity index (χ4n) is 5.20. The molecular weight excluding hydrogens is 384 g/mol. The first kappa shape index (κ1) is 19.7. The molecule has 0 bridgehead atoms. The van der Waals surface area contributed by atoms with E-state index in [4.69, 9.17) is 0 Å². The topological polar surface area (TPSA) is 49.4 Å². The van der Waals surface area contributed by atoms with E-state index in [1.54, 1.807) is 17.0 Å². The summed E-state index contributed by atoms with van der Waals surface area (Å²) in [5, 5.41) is 3.43. The highest BCUT2D eigenvalue weighted by Gasteiger charge is 2.46. The van der Waals surface area contributed by atoms with Crippen LogP contribution in [0.1, 0.15) is 50.6 Å². The third-order valence-corrected chi connectivity index (χ3v) is 6.65. The number of hydrogen-bond acceptors (Lipinski definition) is 3. The first-order valence-corrected chi connectivity index (χ1v) is 11.0. The van der Waals surface area contributed by atoms with Crippen molar-refractivity contribution in [1.29, 1.82) is 0 Å². The van der Waals surface area contributed by atoms with E-state index >= 15 is 0 Å². The fourth-order valence-corrected chi connectivity index (χ4v) is 5.20. The largest absolute Gasteiger partial charge is 0.317 e. The molecule has 1 fully saturated rings. The predicted molar refractivity (Wildman–Crippen MR) is 121 cm³/mol. The zero-order valence-electron chi connectivity index (χ0n) is 17.4. The molecule has 0 spiro atoms. The van der Waals surface area contributed by atoms with E-state index in [0.29, 0.717) is 11.1 Å². The first-order valence-electron chi connectivity index (χ1n) is 11.0. The van der Waals surface area contributed by atoms with Crippen LogP contribution < -0.4 is 5.32 Å². The molecule has 0 aliphatic carbocycles. The normalized spacial score (nSPS) is 17.8. The highest BCUT2D eigenvalue weighted by atomic mass is 16.2. The van der Waals surface area contributed by atoms with Gasteiger partial charge in [0.05, 0.1) is 17.2 Å². The van der Waals surface area contributed by atoms with Crippen molar-refractivity contribution in [2.24, 2.45) is 5.92 Å². The highest BCUT2D eigenvalue weighted by Crippen LogP contribution is 2.40. The lowest BCUT2D eigenvalue weighted by atomic mass is 9.75. The number of amides is 2. The minimum Gasteiger partial charge on any atom is -0.317 e. The molecule has 5 rings (SSSR count). The number of carbonyl (C=O) groups excluding carboxylic acids is 2. The van der Waals surface area contributed by atoms with E-state index < -0.39 is 0 Å². The van der Waals surface area contributed by atoms with Crippen LogP contribution >= 0.6 is 0 Å². The molecule has 0 saturated carbocycles. The minimum atomic E-state index is -0.237. The van der Waals surface area contributed by atoms with Gasteiger partial charge in [-0.15, -0.1) is 0 Å². The van der Waals surface area contributed by atoms with Crippen LogP contribution in [0.3, 0.4) is 0 Å². The summed E-state index contributed by atoms with van der Waals surface area (Å²) in [7, 11) is 0. The predicted octanol–water partition coefficient (Wildman–Crippen LogP) is 4.48. The molecule has 2 amide bonds. The quantitative estimate of drug-likeness (QED) is 0.631. The van der Waals surface area contributed by atoms with Crippen LogP contribution in [0.2, 0.25) is 0 Å². The Kier molecular flexibility index (Phi) is 5.39. The lowest BCUT2D eigenvalue weighted by molar-refractivity contribution is 0.0478. The SMILES string of the molecule is O=C1c2ccccc2C(=O)N1C(C1CCNCC1)C(c1ccccc1)c1ccccc1. The Bertz CT molecular complexity index is 1000. The summed E-state index contributed by atoms with van der Waals surface area (Å²) in [4.78, 5) is 28.7. The maximum absolute atomic E-state index is 13.5. The van der Waals surface area contributed by atoms with Gasteiger partial charge in [-0.05, 0) is 55.1 Å². The van der Waals surface area contributed by atoms with Gasteiger partial charge in [0.25, 0.3) is 11.8 Å². The van der Waals surface area contributed by atoms with Gasteiger partial charge >= 0.3 is 0 Å². The summed E-state index contributed by atoms with van der Waals surface area (Å²) in [5.41, 5.74) is 3.31. The summed E-state index contributed by atoms with van der Waals surface area (Å²) in [6.07, 6.45) is 1.88. The van der Waals surface area contributed by atoms with Crippen LogP contribution in [0.15, 0.2) is 84.9 Å². The zero-order valence-corrected chi connectivity index (χ0v) is 17.4. The zero-order chi connectivity index (χ0) is 21.2. The molecule has 2 aliphatic heterocycles. The van der Waals surface area contributed by atoms with Crippen LogP contribution in [0, 0.1) is 5.92 Å². The van der Waals surface area contributed by atoms with Crippen LogP contribution in [0.4, 0.5) is 0 Å². The third-order valence-electron chi connectivity index (χ3n) is 6.65. The molecule has 0 aromatic heterocycles. The van der Waals surface area contributed by atoms with E-state index in [9.17, 15) is 9.59 Å². The Morgan fingerprint density at radius 1 is 0.677 bits per heavy atom. The molecule has 4 nitrogen and oxygen atoms in total. The number of rotatable bonds is 5. The van der Waals surface area contributed by atoms with Crippen LogP contribution in [0.25, 0.3) is 0 Å². The standard InChI is InChI=1S/C27H26N2O2/c30-26-22-13-7-8-14-23(22)27(31)29(26)25(21-15-17-28-18-16-21)24(19-9-3-1-4-10-19)20-11-5-2-6-12-20/h1-14,21,24-25,28H,15-18H2. The molecule has 3 aromatic rings. The summed E-state index contributed by atoms with van der Waals surface area (Å²) in [6.45, 7) is 1.81. The van der Waals surface area contributed by atoms with Crippen molar-refractivity contribution in [3.05, 3.63) is 107 Å². The van der Waals surface area contributed by atoms with Crippen molar-refractivity contribution in [3.63, 3.8) is 0 Å². The van der Waals surface area contributed by atoms with Gasteiger partial charge in [0.15, 0.2) is 0 Å². The molecule has 4 heteroatoms. The smallest absolute Gasteiger partial charge is 0.261 e. The second-order valence-electron chi connectivity index (χ2n) is 8.40. The minimum absolute atomic E-state index is 0.0762. The van der Waals surface area contributed by atoms with Gasteiger partial charge in [0.1, 0.15) is 0 Å². The summed E-state index contributed by atoms with van der Waals surface area (Å²) < 4.78 is 0. The van der Waals surface area contributed by atoms with Crippen molar-refractivity contribution < 1.29 is 9.59 Å². The van der Waals surface area contributed by atoms with Gasteiger partial charge in [0, 0.05) is 5.92 Å². The third kappa shape index (κ3) is 3.57. The lowest BCUT2D eigenvalue weighted by Gasteiger charge is -2.41. The average Bonchev–Trinajstić information content (AvgIpc) is 3.09. The molecule has 2 aliphatic rings. The molecule has 0 radical (unpaired) electrons. The second kappa shape index (κ2) is 8.48. The molecule has 2 heterocycles. The van der Waals surface area contributed by atoms with E-state index in [2.05, 4.69) is 29.6 Å². The molecule has 1 atom stereocenters. The van der Waals surface area contributed by atoms with Crippen molar-refractivity contribution in [3.8, 4) is 0 Å². The summed E-state index contributed by atoms with van der Waals surface area (Å²) in [5.74, 6) is -0.177. The molecule has 1 saturated heterocycles. The van der Waals surface area contributed by atoms with Crippen molar-refractivity contribution in [2.45, 2.75) is 24.8 Å². The molecule has 156 valence electrons. The number of benzene rings is 3. The first-order chi connectivity index (χ1) is 15.3. The van der Waals surface area contributed by atoms with Crippen LogP contribution in [0.5, 0.6) is 0 Å². The number of hydrogen-bond donors (Lipinski definition) is 1. The van der Waals surface area contributed by atoms with E-state index in [1.165, 1.54) is 0 Å². The fraction of sp³-hybridized carbons (Fsp3) is 0.259. The maximum atomic E-state index is 13.5. The van der Waals surface area contributed by atoms with Gasteiger partial charge in [0.2, 0.25) is 0 Å². The molecular formula is C27H26N2O2. The van der Waals surface area contributed by atoms with Gasteiger partial charge < -0.3 is 5.32 Å². The van der Waals surface area contributed by atoms with E-state index in [1.807, 2.05) is 48.5 Å². The van der Waals surface area contributed by atoms with E-state index in [0.717, 1.165) is 37.1 Å². The summed E-state index contributed by atoms with van der Waals surface area (Å²) in [6, 6.07) is 27.6. The Morgan fingerprint density at radius 2 is 1.13 bits per heavy atom. The van der Waals surface area contributed by atoms with Gasteiger partial charge in [-0.2, -0.15) is 0 Å². The van der Waals surface area contributed by atoms with Crippen molar-refractivity contribution in [2.75, 3.05) is 13.1 Å². The van der Waals surface area contributed by atoms with Crippen LogP contribution in [-0.4, -0.2) is 35.8 Å². The monoisotopic (exact) mass is 410 g/mol. The van der Waals surface area contributed by atoms with E-state index in [-0.39, 0.29) is 29.7 Å². The highest BCUT2D eigenvalue weighted by molar-refractivity contribution is 6.21. The average molecular weight is 411 g/mol. The Morgan fingerprint density at radius 3 is 1.61 bits per heavy atom. The molecule has 1 unspecified atom stereocenters. The molecule has 3 aromatic carbocycles. The Hall–Kier alpha value is -3.24. The van der Waals surface area contributed by atoms with Gasteiger partial charge in [-0.3, -0.25) is 14.5 Å². The summed E-state index contributed by atoms with van der Waals surface area (Å²) >= 11 is 0. The molecule has 31 heavy (non-hydrogen) atoms. The lowest BCUT2D eigenvalue weighted by Crippen LogP contribution is -2.50.